The Morgan fingerprint density at radius 3 is 2.74 bits per heavy atom. The smallest absolute Gasteiger partial charge is 0.228 e. The van der Waals surface area contributed by atoms with Crippen LogP contribution in [0, 0.1) is 24.6 Å². The van der Waals surface area contributed by atoms with Gasteiger partial charge in [0.1, 0.15) is 5.82 Å². The predicted octanol–water partition coefficient (Wildman–Crippen LogP) is 2.38. The zero-order valence-corrected chi connectivity index (χ0v) is 14.5. The largest absolute Gasteiger partial charge is 0.326 e. The minimum Gasteiger partial charge on any atom is -0.326 e. The standard InChI is InChI=1S/C16H23FN2O3S/c1-11(2)10-23(21,22)19-7-6-13(9-19)16(20)18-14-4-5-15(17)12(3)8-14/h4-5,8,11,13H,6-7,9-10H2,1-3H3,(H,18,20). The Bertz CT molecular complexity index is 689. The Morgan fingerprint density at radius 1 is 1.43 bits per heavy atom. The first kappa shape index (κ1) is 17.9. The monoisotopic (exact) mass is 342 g/mol. The van der Waals surface area contributed by atoms with Crippen molar-refractivity contribution in [2.75, 3.05) is 24.2 Å². The average molecular weight is 342 g/mol. The summed E-state index contributed by atoms with van der Waals surface area (Å²) in [6, 6.07) is 4.37. The number of benzene rings is 1. The second-order valence-corrected chi connectivity index (χ2v) is 8.48. The third kappa shape index (κ3) is 4.51. The molecule has 1 aromatic carbocycles. The van der Waals surface area contributed by atoms with Crippen LogP contribution >= 0.6 is 0 Å². The third-order valence-electron chi connectivity index (χ3n) is 3.88. The molecule has 5 nitrogen and oxygen atoms in total. The molecule has 7 heteroatoms. The first-order chi connectivity index (χ1) is 10.7. The number of amides is 1. The molecule has 1 N–H and O–H groups in total. The molecule has 1 saturated heterocycles. The van der Waals surface area contributed by atoms with E-state index in [1.54, 1.807) is 13.0 Å². The van der Waals surface area contributed by atoms with E-state index < -0.39 is 10.0 Å². The molecule has 1 amide bonds. The van der Waals surface area contributed by atoms with E-state index in [0.717, 1.165) is 0 Å². The summed E-state index contributed by atoms with van der Waals surface area (Å²) in [6.07, 6.45) is 0.503. The molecule has 128 valence electrons. The van der Waals surface area contributed by atoms with Crippen LogP contribution in [0.4, 0.5) is 10.1 Å². The Kier molecular flexibility index (Phi) is 5.41. The molecule has 0 aromatic heterocycles. The highest BCUT2D eigenvalue weighted by molar-refractivity contribution is 7.89. The molecule has 0 spiro atoms. The first-order valence-corrected chi connectivity index (χ1v) is 9.35. The van der Waals surface area contributed by atoms with E-state index in [4.69, 9.17) is 0 Å². The summed E-state index contributed by atoms with van der Waals surface area (Å²) in [5.74, 6) is -0.774. The van der Waals surface area contributed by atoms with Crippen molar-refractivity contribution >= 4 is 21.6 Å². The van der Waals surface area contributed by atoms with Crippen LogP contribution in [-0.2, 0) is 14.8 Å². The molecule has 1 aliphatic rings. The average Bonchev–Trinajstić information content (AvgIpc) is 2.92. The number of halogens is 1. The number of aryl methyl sites for hydroxylation is 1. The molecule has 1 heterocycles. The lowest BCUT2D eigenvalue weighted by Crippen LogP contribution is -2.34. The van der Waals surface area contributed by atoms with E-state index in [9.17, 15) is 17.6 Å². The van der Waals surface area contributed by atoms with E-state index in [-0.39, 0.29) is 35.9 Å². The van der Waals surface area contributed by atoms with Gasteiger partial charge in [0.25, 0.3) is 0 Å². The van der Waals surface area contributed by atoms with Crippen LogP contribution in [0.25, 0.3) is 0 Å². The van der Waals surface area contributed by atoms with Gasteiger partial charge in [0.15, 0.2) is 0 Å². The molecular weight excluding hydrogens is 319 g/mol. The van der Waals surface area contributed by atoms with Gasteiger partial charge in [-0.2, -0.15) is 0 Å². The van der Waals surface area contributed by atoms with Crippen molar-refractivity contribution < 1.29 is 17.6 Å². The van der Waals surface area contributed by atoms with Gasteiger partial charge >= 0.3 is 0 Å². The fraction of sp³-hybridized carbons (Fsp3) is 0.562. The Hall–Kier alpha value is -1.47. The van der Waals surface area contributed by atoms with E-state index in [1.165, 1.54) is 16.4 Å². The van der Waals surface area contributed by atoms with Crippen LogP contribution in [-0.4, -0.2) is 37.5 Å². The van der Waals surface area contributed by atoms with E-state index in [1.807, 2.05) is 13.8 Å². The molecular formula is C16H23FN2O3S. The summed E-state index contributed by atoms with van der Waals surface area (Å²) in [5, 5.41) is 2.74. The zero-order chi connectivity index (χ0) is 17.2. The Balaban J connectivity index is 1.98. The fourth-order valence-electron chi connectivity index (χ4n) is 2.69. The van der Waals surface area contributed by atoms with Crippen LogP contribution in [0.15, 0.2) is 18.2 Å². The molecule has 0 saturated carbocycles. The van der Waals surface area contributed by atoms with E-state index in [0.29, 0.717) is 24.2 Å². The lowest BCUT2D eigenvalue weighted by atomic mass is 10.1. The Labute approximate surface area is 136 Å². The zero-order valence-electron chi connectivity index (χ0n) is 13.7. The van der Waals surface area contributed by atoms with Gasteiger partial charge in [0.2, 0.25) is 15.9 Å². The highest BCUT2D eigenvalue weighted by Crippen LogP contribution is 2.23. The van der Waals surface area contributed by atoms with Crippen LogP contribution in [0.5, 0.6) is 0 Å². The van der Waals surface area contributed by atoms with Gasteiger partial charge < -0.3 is 5.32 Å². The summed E-state index contributed by atoms with van der Waals surface area (Å²) < 4.78 is 39.0. The van der Waals surface area contributed by atoms with Crippen molar-refractivity contribution in [1.82, 2.24) is 4.31 Å². The van der Waals surface area contributed by atoms with E-state index >= 15 is 0 Å². The summed E-state index contributed by atoms with van der Waals surface area (Å²) in [6.45, 7) is 5.92. The summed E-state index contributed by atoms with van der Waals surface area (Å²) >= 11 is 0. The van der Waals surface area contributed by atoms with Gasteiger partial charge in [-0.05, 0) is 43.0 Å². The maximum atomic E-state index is 13.2. The molecule has 23 heavy (non-hydrogen) atoms. The van der Waals surface area contributed by atoms with Gasteiger partial charge in [0.05, 0.1) is 11.7 Å². The normalized spacial score (nSPS) is 19.3. The third-order valence-corrected chi connectivity index (χ3v) is 6.09. The molecule has 1 fully saturated rings. The minimum atomic E-state index is -3.31. The van der Waals surface area contributed by atoms with Gasteiger partial charge in [-0.15, -0.1) is 0 Å². The maximum absolute atomic E-state index is 13.2. The van der Waals surface area contributed by atoms with Gasteiger partial charge in [0, 0.05) is 18.8 Å². The number of nitrogens with zero attached hydrogens (tertiary/aromatic N) is 1. The van der Waals surface area contributed by atoms with Crippen LogP contribution in [0.1, 0.15) is 25.8 Å². The number of hydrogen-bond donors (Lipinski definition) is 1. The SMILES string of the molecule is Cc1cc(NC(=O)C2CCN(S(=O)(=O)CC(C)C)C2)ccc1F. The fourth-order valence-corrected chi connectivity index (χ4v) is 4.53. The second kappa shape index (κ2) is 6.97. The summed E-state index contributed by atoms with van der Waals surface area (Å²) in [7, 11) is -3.31. The van der Waals surface area contributed by atoms with Crippen molar-refractivity contribution in [3.05, 3.63) is 29.6 Å². The molecule has 1 aromatic rings. The Morgan fingerprint density at radius 2 is 2.13 bits per heavy atom. The molecule has 1 aliphatic heterocycles. The number of hydrogen-bond acceptors (Lipinski definition) is 3. The summed E-state index contributed by atoms with van der Waals surface area (Å²) in [5.41, 5.74) is 0.979. The van der Waals surface area contributed by atoms with Crippen molar-refractivity contribution in [2.24, 2.45) is 11.8 Å². The topological polar surface area (TPSA) is 66.5 Å². The highest BCUT2D eigenvalue weighted by Gasteiger charge is 2.35. The lowest BCUT2D eigenvalue weighted by Gasteiger charge is -2.18. The number of sulfonamides is 1. The van der Waals surface area contributed by atoms with Crippen molar-refractivity contribution in [2.45, 2.75) is 27.2 Å². The lowest BCUT2D eigenvalue weighted by molar-refractivity contribution is -0.119. The van der Waals surface area contributed by atoms with Gasteiger partial charge in [-0.3, -0.25) is 4.79 Å². The number of anilines is 1. The second-order valence-electron chi connectivity index (χ2n) is 6.47. The first-order valence-electron chi connectivity index (χ1n) is 7.74. The summed E-state index contributed by atoms with van der Waals surface area (Å²) in [4.78, 5) is 12.3. The van der Waals surface area contributed by atoms with Crippen molar-refractivity contribution in [3.8, 4) is 0 Å². The number of carbonyl (C=O) groups excluding carboxylic acids is 1. The number of carbonyl (C=O) groups is 1. The minimum absolute atomic E-state index is 0.0510. The quantitative estimate of drug-likeness (QED) is 0.893. The molecule has 0 bridgehead atoms. The van der Waals surface area contributed by atoms with Gasteiger partial charge in [-0.1, -0.05) is 13.8 Å². The number of nitrogens with one attached hydrogen (secondary N) is 1. The molecule has 1 atom stereocenters. The molecule has 0 radical (unpaired) electrons. The highest BCUT2D eigenvalue weighted by atomic mass is 32.2. The van der Waals surface area contributed by atoms with Gasteiger partial charge in [-0.25, -0.2) is 17.1 Å². The van der Waals surface area contributed by atoms with Crippen LogP contribution in [0.3, 0.4) is 0 Å². The van der Waals surface area contributed by atoms with Crippen LogP contribution < -0.4 is 5.32 Å². The van der Waals surface area contributed by atoms with Crippen molar-refractivity contribution in [3.63, 3.8) is 0 Å². The molecule has 2 rings (SSSR count). The maximum Gasteiger partial charge on any atom is 0.228 e. The van der Waals surface area contributed by atoms with Crippen molar-refractivity contribution in [1.29, 1.82) is 0 Å². The van der Waals surface area contributed by atoms with Crippen LogP contribution in [0.2, 0.25) is 0 Å². The van der Waals surface area contributed by atoms with E-state index in [2.05, 4.69) is 5.32 Å². The molecule has 0 aliphatic carbocycles. The predicted molar refractivity (Wildman–Crippen MR) is 88.1 cm³/mol. The number of rotatable bonds is 5. The molecule has 1 unspecified atom stereocenters.